The Morgan fingerprint density at radius 3 is 2.16 bits per heavy atom. The molecule has 10 atom stereocenters. The molecule has 374 valence electrons. The minimum Gasteiger partial charge on any atom is -0.508 e. The van der Waals surface area contributed by atoms with E-state index in [-0.39, 0.29) is 44.4 Å². The Balaban J connectivity index is 2.22. The molecule has 0 aromatic heterocycles. The van der Waals surface area contributed by atoms with Crippen LogP contribution in [0, 0.1) is 11.8 Å². The molecule has 2 heterocycles. The lowest BCUT2D eigenvalue weighted by Gasteiger charge is -2.44. The van der Waals surface area contributed by atoms with Crippen molar-refractivity contribution in [1.82, 2.24) is 36.4 Å². The van der Waals surface area contributed by atoms with E-state index >= 15 is 0 Å². The lowest BCUT2D eigenvalue weighted by Crippen LogP contribution is -2.66. The van der Waals surface area contributed by atoms with Crippen molar-refractivity contribution in [2.24, 2.45) is 17.6 Å². The van der Waals surface area contributed by atoms with Crippen LogP contribution < -0.4 is 32.3 Å². The van der Waals surface area contributed by atoms with Gasteiger partial charge in [-0.15, -0.1) is 0 Å². The average Bonchev–Trinajstić information content (AvgIpc) is 3.27. The van der Waals surface area contributed by atoms with E-state index in [1.54, 1.807) is 39.8 Å². The van der Waals surface area contributed by atoms with E-state index in [0.717, 1.165) is 16.2 Å². The Morgan fingerprint density at radius 2 is 1.57 bits per heavy atom. The molecular formula is C46H72N8O13. The Hall–Kier alpha value is -5.83. The number of carboxylic acid groups (broad SMARTS) is 1. The quantitative estimate of drug-likeness (QED) is 0.0708. The summed E-state index contributed by atoms with van der Waals surface area (Å²) in [6.07, 6.45) is -1.14. The fraction of sp³-hybridized carbons (Fsp3) is 0.674. The van der Waals surface area contributed by atoms with Crippen LogP contribution in [0.15, 0.2) is 24.3 Å². The van der Waals surface area contributed by atoms with Crippen LogP contribution in [0.4, 0.5) is 0 Å². The van der Waals surface area contributed by atoms with E-state index in [0.29, 0.717) is 37.7 Å². The standard InChI is InChI=1S/C46H72N8O13/c1-8-10-11-15-34(56)48-32(24-36(58)59)41(61)52-38-27(6)67-46(66)37(25(3)4)51-42(62)33(23-28-16-18-29(55)19-17-28)53(7)45(65)39(26(5)9-2)54-35(57)21-20-31(44(54)64)50-40(60)30(49-43(38)63)14-12-13-22-47/h16-19,25-27,30-33,35,37-39,55,57H,8-15,20-24,47H2,1-7H3,(H,48,56)(H,49,63)(H,50,60)(H,51,62)(H,52,61)(H,58,59)/t26?,27-,30+,31+,32+,33+,35-,37+,38+,39+/m1/s1. The van der Waals surface area contributed by atoms with Crippen LogP contribution in [-0.2, 0) is 54.3 Å². The molecule has 3 rings (SSSR count). The summed E-state index contributed by atoms with van der Waals surface area (Å²) >= 11 is 0. The van der Waals surface area contributed by atoms with Crippen LogP contribution in [0.3, 0.4) is 0 Å². The maximum atomic E-state index is 14.8. The monoisotopic (exact) mass is 945 g/mol. The molecule has 0 saturated carbocycles. The van der Waals surface area contributed by atoms with E-state index in [1.165, 1.54) is 26.1 Å². The third kappa shape index (κ3) is 15.9. The molecule has 1 aromatic carbocycles. The number of nitrogens with zero attached hydrogens (tertiary/aromatic N) is 2. The van der Waals surface area contributed by atoms with E-state index < -0.39 is 126 Å². The van der Waals surface area contributed by atoms with Crippen LogP contribution in [0.5, 0.6) is 5.75 Å². The van der Waals surface area contributed by atoms with Crippen LogP contribution >= 0.6 is 0 Å². The summed E-state index contributed by atoms with van der Waals surface area (Å²) in [5, 5.41) is 43.9. The molecule has 2 fully saturated rings. The summed E-state index contributed by atoms with van der Waals surface area (Å²) in [6.45, 7) is 10.1. The van der Waals surface area contributed by atoms with Gasteiger partial charge in [0.2, 0.25) is 41.4 Å². The van der Waals surface area contributed by atoms with Crippen molar-refractivity contribution >= 4 is 53.3 Å². The van der Waals surface area contributed by atoms with Gasteiger partial charge in [0, 0.05) is 19.9 Å². The van der Waals surface area contributed by atoms with Gasteiger partial charge >= 0.3 is 11.9 Å². The molecule has 2 aliphatic rings. The number of carbonyl (C=O) groups excluding carboxylic acids is 8. The first kappa shape index (κ1) is 55.5. The number of hydrogen-bond donors (Lipinski definition) is 9. The predicted octanol–water partition coefficient (Wildman–Crippen LogP) is 0.327. The van der Waals surface area contributed by atoms with E-state index in [2.05, 4.69) is 26.6 Å². The number of rotatable bonds is 18. The Kier molecular flexibility index (Phi) is 21.9. The summed E-state index contributed by atoms with van der Waals surface area (Å²) in [7, 11) is 1.36. The molecule has 1 aromatic rings. The normalized spacial score (nSPS) is 25.6. The van der Waals surface area contributed by atoms with Gasteiger partial charge in [-0.05, 0) is 81.5 Å². The van der Waals surface area contributed by atoms with Gasteiger partial charge in [-0.2, -0.15) is 0 Å². The predicted molar refractivity (Wildman–Crippen MR) is 243 cm³/mol. The molecule has 10 N–H and O–H groups in total. The minimum absolute atomic E-state index is 0.00464. The number of aliphatic carboxylic acids is 1. The number of nitrogens with one attached hydrogen (secondary N) is 5. The number of aromatic hydroxyl groups is 1. The third-order valence-corrected chi connectivity index (χ3v) is 12.3. The van der Waals surface area contributed by atoms with Gasteiger partial charge in [-0.25, -0.2) is 4.79 Å². The summed E-state index contributed by atoms with van der Waals surface area (Å²) in [5.41, 5.74) is 6.25. The van der Waals surface area contributed by atoms with Gasteiger partial charge < -0.3 is 62.2 Å². The topological polar surface area (TPSA) is 316 Å². The van der Waals surface area contributed by atoms with E-state index in [9.17, 15) is 58.5 Å². The van der Waals surface area contributed by atoms with Crippen molar-refractivity contribution in [1.29, 1.82) is 0 Å². The van der Waals surface area contributed by atoms with Crippen molar-refractivity contribution in [3.05, 3.63) is 29.8 Å². The van der Waals surface area contributed by atoms with Crippen LogP contribution in [-0.4, -0.2) is 147 Å². The number of esters is 1. The number of hydrogen-bond acceptors (Lipinski definition) is 13. The largest absolute Gasteiger partial charge is 0.508 e. The first-order chi connectivity index (χ1) is 31.6. The number of amides is 7. The highest BCUT2D eigenvalue weighted by Gasteiger charge is 2.47. The summed E-state index contributed by atoms with van der Waals surface area (Å²) in [4.78, 5) is 127. The van der Waals surface area contributed by atoms with Gasteiger partial charge in [0.15, 0.2) is 0 Å². The molecule has 2 aliphatic heterocycles. The maximum Gasteiger partial charge on any atom is 0.329 e. The number of phenolic OH excluding ortho intramolecular Hbond substituents is 1. The van der Waals surface area contributed by atoms with Gasteiger partial charge in [0.05, 0.1) is 6.42 Å². The first-order valence-corrected chi connectivity index (χ1v) is 23.3. The van der Waals surface area contributed by atoms with Gasteiger partial charge in [0.25, 0.3) is 0 Å². The minimum atomic E-state index is -1.83. The Morgan fingerprint density at radius 1 is 0.896 bits per heavy atom. The second-order valence-electron chi connectivity index (χ2n) is 17.9. The molecule has 21 nitrogen and oxygen atoms in total. The average molecular weight is 945 g/mol. The molecule has 67 heavy (non-hydrogen) atoms. The smallest absolute Gasteiger partial charge is 0.329 e. The zero-order valence-electron chi connectivity index (χ0n) is 39.7. The van der Waals surface area contributed by atoms with E-state index in [4.69, 9.17) is 10.5 Å². The van der Waals surface area contributed by atoms with Crippen molar-refractivity contribution in [2.75, 3.05) is 13.6 Å². The zero-order chi connectivity index (χ0) is 50.1. The number of benzene rings is 1. The van der Waals surface area contributed by atoms with Gasteiger partial charge in [0.1, 0.15) is 60.4 Å². The lowest BCUT2D eigenvalue weighted by molar-refractivity contribution is -0.168. The highest BCUT2D eigenvalue weighted by molar-refractivity contribution is 5.99. The number of aliphatic hydroxyl groups is 1. The highest BCUT2D eigenvalue weighted by Crippen LogP contribution is 2.28. The number of carboxylic acids is 1. The van der Waals surface area contributed by atoms with Crippen molar-refractivity contribution in [2.45, 2.75) is 173 Å². The Labute approximate surface area is 392 Å². The number of cyclic esters (lactones) is 1. The number of nitrogens with two attached hydrogens (primary N) is 1. The first-order valence-electron chi connectivity index (χ1n) is 23.3. The second-order valence-corrected chi connectivity index (χ2v) is 17.9. The third-order valence-electron chi connectivity index (χ3n) is 12.3. The molecule has 1 unspecified atom stereocenters. The number of aliphatic hydroxyl groups excluding tert-OH is 1. The van der Waals surface area contributed by atoms with Crippen LogP contribution in [0.2, 0.25) is 0 Å². The molecule has 0 aliphatic carbocycles. The van der Waals surface area contributed by atoms with Crippen molar-refractivity contribution in [3.63, 3.8) is 0 Å². The van der Waals surface area contributed by atoms with Gasteiger partial charge in [-0.3, -0.25) is 38.4 Å². The molecule has 2 bridgehead atoms. The fourth-order valence-corrected chi connectivity index (χ4v) is 8.05. The molecule has 2 saturated heterocycles. The molecule has 0 spiro atoms. The number of ether oxygens (including phenoxy) is 1. The molecular weight excluding hydrogens is 873 g/mol. The molecule has 21 heteroatoms. The number of piperidine rings is 1. The summed E-state index contributed by atoms with van der Waals surface area (Å²) < 4.78 is 5.81. The Bertz CT molecular complexity index is 1900. The molecule has 7 amide bonds. The maximum absolute atomic E-state index is 14.8. The number of fused-ring (bicyclic) bond motifs is 2. The fourth-order valence-electron chi connectivity index (χ4n) is 8.05. The number of unbranched alkanes of at least 4 members (excludes halogenated alkanes) is 3. The van der Waals surface area contributed by atoms with Crippen LogP contribution in [0.1, 0.15) is 118 Å². The lowest BCUT2D eigenvalue weighted by atomic mass is 9.91. The number of carbonyl (C=O) groups is 9. The van der Waals surface area contributed by atoms with Gasteiger partial charge in [-0.1, -0.05) is 66.0 Å². The zero-order valence-corrected chi connectivity index (χ0v) is 39.7. The SMILES string of the molecule is CCCCCC(=O)N[C@@H](CC(=O)O)C(=O)N[C@@H]1C(=O)N[C@@H](CCCCN)C(=O)N[C@H]2CC[C@@H](O)N(C2=O)[C@@H](C(C)CC)C(=O)N(C)[C@@H](Cc2ccc(O)cc2)C(=O)N[C@@H](C(C)C)C(=O)O[C@@H]1C. The second kappa shape index (κ2) is 26.5. The number of phenols is 1. The van der Waals surface area contributed by atoms with Crippen LogP contribution in [0.25, 0.3) is 0 Å². The van der Waals surface area contributed by atoms with E-state index in [1.807, 2.05) is 6.92 Å². The summed E-state index contributed by atoms with van der Waals surface area (Å²) in [6, 6.07) is -4.42. The highest BCUT2D eigenvalue weighted by atomic mass is 16.5. The molecule has 0 radical (unpaired) electrons. The summed E-state index contributed by atoms with van der Waals surface area (Å²) in [5.74, 6) is -9.77. The number of likely N-dealkylation sites (N-methyl/N-ethyl adjacent to an activating group) is 1. The van der Waals surface area contributed by atoms with Crippen molar-refractivity contribution in [3.8, 4) is 5.75 Å². The van der Waals surface area contributed by atoms with Crippen molar-refractivity contribution < 1.29 is 63.2 Å².